The van der Waals surface area contributed by atoms with Crippen LogP contribution in [0.3, 0.4) is 0 Å². The first-order valence-electron chi connectivity index (χ1n) is 5.41. The molecule has 1 aromatic heterocycles. The standard InChI is InChI=1S/C11H14ClN3O/c12-8-4-6-13-7-10(8)15-11(16)9-3-1-2-5-14-9/h4,6-7,9,14H,1-3,5H2,(H,15,16)/t9-/m1/s1. The third kappa shape index (κ3) is 2.71. The molecular weight excluding hydrogens is 226 g/mol. The lowest BCUT2D eigenvalue weighted by atomic mass is 10.0. The van der Waals surface area contributed by atoms with Gasteiger partial charge in [-0.25, -0.2) is 0 Å². The van der Waals surface area contributed by atoms with Crippen molar-refractivity contribution in [2.75, 3.05) is 11.9 Å². The minimum absolute atomic E-state index is 0.0328. The maximum atomic E-state index is 11.9. The molecule has 86 valence electrons. The van der Waals surface area contributed by atoms with Crippen molar-refractivity contribution in [2.24, 2.45) is 0 Å². The third-order valence-corrected chi connectivity index (χ3v) is 2.98. The van der Waals surface area contributed by atoms with Crippen LogP contribution < -0.4 is 10.6 Å². The molecular formula is C11H14ClN3O. The Hall–Kier alpha value is -1.13. The normalized spacial score (nSPS) is 20.4. The number of carbonyl (C=O) groups is 1. The van der Waals surface area contributed by atoms with Crippen LogP contribution >= 0.6 is 11.6 Å². The average Bonchev–Trinajstić information content (AvgIpc) is 2.33. The summed E-state index contributed by atoms with van der Waals surface area (Å²) in [5.74, 6) is -0.0328. The molecule has 0 bridgehead atoms. The maximum absolute atomic E-state index is 11.9. The highest BCUT2D eigenvalue weighted by atomic mass is 35.5. The Morgan fingerprint density at radius 1 is 1.56 bits per heavy atom. The number of halogens is 1. The van der Waals surface area contributed by atoms with E-state index in [0.717, 1.165) is 25.8 Å². The van der Waals surface area contributed by atoms with Gasteiger partial charge in [0.15, 0.2) is 0 Å². The van der Waals surface area contributed by atoms with E-state index in [-0.39, 0.29) is 11.9 Å². The van der Waals surface area contributed by atoms with Crippen LogP contribution in [0.25, 0.3) is 0 Å². The first-order valence-corrected chi connectivity index (χ1v) is 5.79. The van der Waals surface area contributed by atoms with Crippen LogP contribution in [-0.4, -0.2) is 23.5 Å². The Morgan fingerprint density at radius 3 is 3.12 bits per heavy atom. The molecule has 0 aromatic carbocycles. The zero-order valence-corrected chi connectivity index (χ0v) is 9.63. The van der Waals surface area contributed by atoms with Gasteiger partial charge in [0, 0.05) is 6.20 Å². The van der Waals surface area contributed by atoms with Crippen LogP contribution in [0.15, 0.2) is 18.5 Å². The topological polar surface area (TPSA) is 54.0 Å². The SMILES string of the molecule is O=C(Nc1cnccc1Cl)[C@H]1CCCCN1. The molecule has 0 unspecified atom stereocenters. The van der Waals surface area contributed by atoms with E-state index in [1.54, 1.807) is 18.5 Å². The monoisotopic (exact) mass is 239 g/mol. The van der Waals surface area contributed by atoms with Gasteiger partial charge < -0.3 is 10.6 Å². The highest BCUT2D eigenvalue weighted by Crippen LogP contribution is 2.20. The van der Waals surface area contributed by atoms with E-state index >= 15 is 0 Å². The summed E-state index contributed by atoms with van der Waals surface area (Å²) in [7, 11) is 0. The summed E-state index contributed by atoms with van der Waals surface area (Å²) in [5.41, 5.74) is 0.571. The largest absolute Gasteiger partial charge is 0.322 e. The molecule has 2 N–H and O–H groups in total. The number of carbonyl (C=O) groups excluding carboxylic acids is 1. The van der Waals surface area contributed by atoms with E-state index in [9.17, 15) is 4.79 Å². The van der Waals surface area contributed by atoms with E-state index in [4.69, 9.17) is 11.6 Å². The van der Waals surface area contributed by atoms with Gasteiger partial charge in [0.1, 0.15) is 0 Å². The van der Waals surface area contributed by atoms with Crippen LogP contribution in [-0.2, 0) is 4.79 Å². The molecule has 0 radical (unpaired) electrons. The predicted molar refractivity (Wildman–Crippen MR) is 63.5 cm³/mol. The van der Waals surface area contributed by atoms with Crippen LogP contribution in [0.1, 0.15) is 19.3 Å². The number of pyridine rings is 1. The first kappa shape index (κ1) is 11.4. The summed E-state index contributed by atoms with van der Waals surface area (Å²) >= 11 is 5.93. The molecule has 2 heterocycles. The molecule has 2 rings (SSSR count). The van der Waals surface area contributed by atoms with Gasteiger partial charge in [-0.1, -0.05) is 18.0 Å². The number of anilines is 1. The minimum atomic E-state index is -0.106. The number of rotatable bonds is 2. The molecule has 0 spiro atoms. The van der Waals surface area contributed by atoms with Gasteiger partial charge in [0.2, 0.25) is 5.91 Å². The zero-order chi connectivity index (χ0) is 11.4. The van der Waals surface area contributed by atoms with E-state index < -0.39 is 0 Å². The van der Waals surface area contributed by atoms with Crippen molar-refractivity contribution in [3.05, 3.63) is 23.5 Å². The lowest BCUT2D eigenvalue weighted by molar-refractivity contribution is -0.118. The number of hydrogen-bond donors (Lipinski definition) is 2. The number of amides is 1. The van der Waals surface area contributed by atoms with Gasteiger partial charge in [-0.15, -0.1) is 0 Å². The summed E-state index contributed by atoms with van der Waals surface area (Å²) in [6, 6.07) is 1.55. The Bertz CT molecular complexity index is 377. The molecule has 1 aliphatic rings. The fourth-order valence-corrected chi connectivity index (χ4v) is 1.92. The second kappa shape index (κ2) is 5.27. The molecule has 1 amide bonds. The number of piperidine rings is 1. The summed E-state index contributed by atoms with van der Waals surface area (Å²) in [4.78, 5) is 15.8. The van der Waals surface area contributed by atoms with E-state index in [1.807, 2.05) is 0 Å². The van der Waals surface area contributed by atoms with E-state index in [0.29, 0.717) is 10.7 Å². The highest BCUT2D eigenvalue weighted by molar-refractivity contribution is 6.33. The molecule has 1 saturated heterocycles. The summed E-state index contributed by atoms with van der Waals surface area (Å²) in [6.07, 6.45) is 6.26. The second-order valence-corrected chi connectivity index (χ2v) is 4.25. The molecule has 5 heteroatoms. The molecule has 4 nitrogen and oxygen atoms in total. The van der Waals surface area contributed by atoms with Gasteiger partial charge in [-0.05, 0) is 25.5 Å². The van der Waals surface area contributed by atoms with Crippen molar-refractivity contribution < 1.29 is 4.79 Å². The third-order valence-electron chi connectivity index (χ3n) is 2.65. The fraction of sp³-hybridized carbons (Fsp3) is 0.455. The van der Waals surface area contributed by atoms with Crippen molar-refractivity contribution >= 4 is 23.2 Å². The lowest BCUT2D eigenvalue weighted by Gasteiger charge is -2.22. The summed E-state index contributed by atoms with van der Waals surface area (Å²) in [6.45, 7) is 0.902. The fourth-order valence-electron chi connectivity index (χ4n) is 1.76. The first-order chi connectivity index (χ1) is 7.77. The number of nitrogens with one attached hydrogen (secondary N) is 2. The Morgan fingerprint density at radius 2 is 2.44 bits per heavy atom. The molecule has 16 heavy (non-hydrogen) atoms. The average molecular weight is 240 g/mol. The number of nitrogens with zero attached hydrogens (tertiary/aromatic N) is 1. The predicted octanol–water partition coefficient (Wildman–Crippen LogP) is 1.82. The Kier molecular flexibility index (Phi) is 3.74. The molecule has 1 aromatic rings. The van der Waals surface area contributed by atoms with Crippen molar-refractivity contribution in [3.8, 4) is 0 Å². The van der Waals surface area contributed by atoms with Crippen molar-refractivity contribution in [1.29, 1.82) is 0 Å². The molecule has 1 atom stereocenters. The second-order valence-electron chi connectivity index (χ2n) is 3.85. The van der Waals surface area contributed by atoms with Crippen LogP contribution in [0.2, 0.25) is 5.02 Å². The van der Waals surface area contributed by atoms with Gasteiger partial charge in [0.05, 0.1) is 22.9 Å². The van der Waals surface area contributed by atoms with Gasteiger partial charge in [-0.2, -0.15) is 0 Å². The minimum Gasteiger partial charge on any atom is -0.322 e. The number of aromatic nitrogens is 1. The van der Waals surface area contributed by atoms with Crippen LogP contribution in [0, 0.1) is 0 Å². The van der Waals surface area contributed by atoms with E-state index in [1.165, 1.54) is 0 Å². The van der Waals surface area contributed by atoms with Crippen molar-refractivity contribution in [3.63, 3.8) is 0 Å². The summed E-state index contributed by atoms with van der Waals surface area (Å²) in [5, 5.41) is 6.48. The van der Waals surface area contributed by atoms with Gasteiger partial charge in [-0.3, -0.25) is 9.78 Å². The maximum Gasteiger partial charge on any atom is 0.241 e. The molecule has 1 fully saturated rings. The van der Waals surface area contributed by atoms with Crippen LogP contribution in [0.4, 0.5) is 5.69 Å². The Balaban J connectivity index is 1.99. The van der Waals surface area contributed by atoms with Crippen molar-refractivity contribution in [1.82, 2.24) is 10.3 Å². The lowest BCUT2D eigenvalue weighted by Crippen LogP contribution is -2.43. The molecule has 0 aliphatic carbocycles. The number of hydrogen-bond acceptors (Lipinski definition) is 3. The summed E-state index contributed by atoms with van der Waals surface area (Å²) < 4.78 is 0. The van der Waals surface area contributed by atoms with Crippen molar-refractivity contribution in [2.45, 2.75) is 25.3 Å². The van der Waals surface area contributed by atoms with E-state index in [2.05, 4.69) is 15.6 Å². The smallest absolute Gasteiger partial charge is 0.241 e. The zero-order valence-electron chi connectivity index (χ0n) is 8.87. The highest BCUT2D eigenvalue weighted by Gasteiger charge is 2.20. The van der Waals surface area contributed by atoms with Gasteiger partial charge >= 0.3 is 0 Å². The van der Waals surface area contributed by atoms with Gasteiger partial charge in [0.25, 0.3) is 0 Å². The Labute approximate surface area is 99.4 Å². The molecule has 1 aliphatic heterocycles. The quantitative estimate of drug-likeness (QED) is 0.828. The molecule has 0 saturated carbocycles. The van der Waals surface area contributed by atoms with Crippen LogP contribution in [0.5, 0.6) is 0 Å².